The lowest BCUT2D eigenvalue weighted by atomic mass is 10.1. The number of anilines is 2. The van der Waals surface area contributed by atoms with E-state index in [9.17, 15) is 9.59 Å². The first kappa shape index (κ1) is 17.7. The fraction of sp³-hybridized carbons (Fsp3) is 0.222. The van der Waals surface area contributed by atoms with E-state index in [1.165, 1.54) is 11.3 Å². The van der Waals surface area contributed by atoms with Gasteiger partial charge in [-0.2, -0.15) is 5.10 Å². The van der Waals surface area contributed by atoms with Gasteiger partial charge >= 0.3 is 0 Å². The van der Waals surface area contributed by atoms with Crippen LogP contribution in [0.25, 0.3) is 11.3 Å². The average molecular weight is 402 g/mol. The number of rotatable bonds is 6. The number of thiazole rings is 1. The van der Waals surface area contributed by atoms with Crippen LogP contribution in [0.4, 0.5) is 10.8 Å². The highest BCUT2D eigenvalue weighted by Crippen LogP contribution is 2.36. The molecule has 3 aromatic rings. The highest BCUT2D eigenvalue weighted by molar-refractivity contribution is 7.14. The number of fused-ring (bicyclic) bond motifs is 1. The second-order valence-electron chi connectivity index (χ2n) is 6.17. The molecule has 2 amide bonds. The summed E-state index contributed by atoms with van der Waals surface area (Å²) in [6.07, 6.45) is 5.01. The van der Waals surface area contributed by atoms with Gasteiger partial charge in [-0.1, -0.05) is 11.6 Å². The summed E-state index contributed by atoms with van der Waals surface area (Å²) >= 11 is 7.68. The van der Waals surface area contributed by atoms with Crippen molar-refractivity contribution in [2.75, 3.05) is 10.6 Å². The van der Waals surface area contributed by atoms with Crippen LogP contribution < -0.4 is 10.6 Å². The quantitative estimate of drug-likeness (QED) is 0.660. The molecule has 0 spiro atoms. The van der Waals surface area contributed by atoms with Crippen molar-refractivity contribution in [3.05, 3.63) is 46.6 Å². The molecule has 2 aromatic heterocycles. The van der Waals surface area contributed by atoms with Crippen molar-refractivity contribution < 1.29 is 9.59 Å². The molecule has 27 heavy (non-hydrogen) atoms. The minimum absolute atomic E-state index is 0.0421. The van der Waals surface area contributed by atoms with E-state index in [4.69, 9.17) is 11.6 Å². The number of aromatic nitrogens is 3. The maximum absolute atomic E-state index is 12.1. The van der Waals surface area contributed by atoms with Crippen molar-refractivity contribution in [2.45, 2.75) is 25.8 Å². The molecule has 1 aliphatic heterocycles. The van der Waals surface area contributed by atoms with E-state index < -0.39 is 0 Å². The van der Waals surface area contributed by atoms with Crippen LogP contribution >= 0.6 is 22.9 Å². The monoisotopic (exact) mass is 401 g/mol. The Morgan fingerprint density at radius 1 is 1.41 bits per heavy atom. The molecule has 3 heterocycles. The molecule has 1 aromatic carbocycles. The van der Waals surface area contributed by atoms with Gasteiger partial charge in [-0.15, -0.1) is 11.3 Å². The van der Waals surface area contributed by atoms with Gasteiger partial charge in [0.25, 0.3) is 0 Å². The summed E-state index contributed by atoms with van der Waals surface area (Å²) in [4.78, 5) is 28.1. The maximum atomic E-state index is 12.1. The van der Waals surface area contributed by atoms with E-state index >= 15 is 0 Å². The zero-order valence-electron chi connectivity index (χ0n) is 14.2. The number of carbonyl (C=O) groups is 2. The predicted molar refractivity (Wildman–Crippen MR) is 105 cm³/mol. The lowest BCUT2D eigenvalue weighted by molar-refractivity contribution is -0.116. The third kappa shape index (κ3) is 4.01. The summed E-state index contributed by atoms with van der Waals surface area (Å²) in [7, 11) is 0. The molecule has 0 aliphatic carbocycles. The lowest BCUT2D eigenvalue weighted by Gasteiger charge is -2.05. The van der Waals surface area contributed by atoms with Crippen molar-refractivity contribution in [2.24, 2.45) is 0 Å². The van der Waals surface area contributed by atoms with Crippen molar-refractivity contribution in [1.82, 2.24) is 14.8 Å². The van der Waals surface area contributed by atoms with Gasteiger partial charge in [0.15, 0.2) is 5.13 Å². The number of halogens is 1. The predicted octanol–water partition coefficient (Wildman–Crippen LogP) is 3.57. The molecule has 138 valence electrons. The third-order valence-electron chi connectivity index (χ3n) is 4.19. The van der Waals surface area contributed by atoms with Gasteiger partial charge in [-0.3, -0.25) is 14.3 Å². The van der Waals surface area contributed by atoms with Crippen LogP contribution in [0.2, 0.25) is 5.02 Å². The van der Waals surface area contributed by atoms with Crippen molar-refractivity contribution in [3.63, 3.8) is 0 Å². The summed E-state index contributed by atoms with van der Waals surface area (Å²) in [5, 5.41) is 12.6. The molecular weight excluding hydrogens is 386 g/mol. The molecule has 0 bridgehead atoms. The SMILES string of the molecule is O=C(CCCn1cccn1)Nc1nc(-c2cc3c(cc2Cl)NC(=O)C3)cs1. The van der Waals surface area contributed by atoms with Gasteiger partial charge in [0, 0.05) is 42.0 Å². The Morgan fingerprint density at radius 3 is 3.11 bits per heavy atom. The molecule has 9 heteroatoms. The number of hydrogen-bond acceptors (Lipinski definition) is 5. The Hall–Kier alpha value is -2.71. The van der Waals surface area contributed by atoms with Crippen molar-refractivity contribution in [3.8, 4) is 11.3 Å². The van der Waals surface area contributed by atoms with Gasteiger partial charge in [0.1, 0.15) is 0 Å². The van der Waals surface area contributed by atoms with Gasteiger partial charge < -0.3 is 10.6 Å². The topological polar surface area (TPSA) is 88.9 Å². The number of nitrogens with zero attached hydrogens (tertiary/aromatic N) is 3. The molecule has 0 atom stereocenters. The van der Waals surface area contributed by atoms with Crippen molar-refractivity contribution in [1.29, 1.82) is 0 Å². The van der Waals surface area contributed by atoms with E-state index in [1.54, 1.807) is 16.9 Å². The van der Waals surface area contributed by atoms with Crippen LogP contribution in [0, 0.1) is 0 Å². The number of benzene rings is 1. The van der Waals surface area contributed by atoms with Gasteiger partial charge in [-0.25, -0.2) is 4.98 Å². The summed E-state index contributed by atoms with van der Waals surface area (Å²) in [6.45, 7) is 0.695. The second-order valence-corrected chi connectivity index (χ2v) is 7.44. The largest absolute Gasteiger partial charge is 0.325 e. The first-order valence-corrected chi connectivity index (χ1v) is 9.70. The first-order chi connectivity index (χ1) is 13.1. The minimum Gasteiger partial charge on any atom is -0.325 e. The highest BCUT2D eigenvalue weighted by atomic mass is 35.5. The Kier molecular flexibility index (Phi) is 4.91. The number of hydrogen-bond donors (Lipinski definition) is 2. The summed E-state index contributed by atoms with van der Waals surface area (Å²) in [5.41, 5.74) is 3.08. The summed E-state index contributed by atoms with van der Waals surface area (Å²) < 4.78 is 1.80. The number of carbonyl (C=O) groups excluding carboxylic acids is 2. The molecule has 0 radical (unpaired) electrons. The fourth-order valence-corrected chi connectivity index (χ4v) is 3.90. The second kappa shape index (κ2) is 7.50. The van der Waals surface area contributed by atoms with Crippen LogP contribution in [0.5, 0.6) is 0 Å². The molecule has 0 unspecified atom stereocenters. The van der Waals surface area contributed by atoms with Gasteiger partial charge in [0.2, 0.25) is 11.8 Å². The summed E-state index contributed by atoms with van der Waals surface area (Å²) in [6, 6.07) is 5.47. The standard InChI is InChI=1S/C18H16ClN5O2S/c19-13-9-14-11(8-17(26)21-14)7-12(13)15-10-27-18(22-15)23-16(25)3-1-5-24-6-2-4-20-24/h2,4,6-7,9-10H,1,3,5,8H2,(H,21,26)(H,22,23,25). The lowest BCUT2D eigenvalue weighted by Crippen LogP contribution is -2.12. The zero-order valence-corrected chi connectivity index (χ0v) is 15.8. The van der Waals surface area contributed by atoms with Crippen molar-refractivity contribution >= 4 is 45.6 Å². The Bertz CT molecular complexity index is 999. The Morgan fingerprint density at radius 2 is 2.30 bits per heavy atom. The van der Waals surface area contributed by atoms with E-state index in [0.717, 1.165) is 16.8 Å². The van der Waals surface area contributed by atoms with Crippen LogP contribution in [-0.4, -0.2) is 26.6 Å². The fourth-order valence-electron chi connectivity index (χ4n) is 2.92. The average Bonchev–Trinajstić information content (AvgIpc) is 3.35. The van der Waals surface area contributed by atoms with E-state index in [2.05, 4.69) is 20.7 Å². The summed E-state index contributed by atoms with van der Waals surface area (Å²) in [5.74, 6) is -0.127. The molecule has 0 fully saturated rings. The minimum atomic E-state index is -0.0853. The molecule has 1 aliphatic rings. The maximum Gasteiger partial charge on any atom is 0.228 e. The highest BCUT2D eigenvalue weighted by Gasteiger charge is 2.21. The van der Waals surface area contributed by atoms with E-state index in [-0.39, 0.29) is 11.8 Å². The van der Waals surface area contributed by atoms with Crippen LogP contribution in [0.1, 0.15) is 18.4 Å². The van der Waals surface area contributed by atoms with Crippen LogP contribution in [0.3, 0.4) is 0 Å². The number of aryl methyl sites for hydroxylation is 1. The van der Waals surface area contributed by atoms with Crippen LogP contribution in [-0.2, 0) is 22.6 Å². The molecule has 4 rings (SSSR count). The number of nitrogens with one attached hydrogen (secondary N) is 2. The molecule has 0 saturated carbocycles. The van der Waals surface area contributed by atoms with Gasteiger partial charge in [-0.05, 0) is 30.2 Å². The van der Waals surface area contributed by atoms with E-state index in [0.29, 0.717) is 41.7 Å². The molecule has 2 N–H and O–H groups in total. The van der Waals surface area contributed by atoms with Crippen LogP contribution in [0.15, 0.2) is 36.0 Å². The Balaban J connectivity index is 1.39. The third-order valence-corrected chi connectivity index (χ3v) is 5.27. The molecule has 0 saturated heterocycles. The molecular formula is C18H16ClN5O2S. The zero-order chi connectivity index (χ0) is 18.8. The Labute approximate surface area is 164 Å². The van der Waals surface area contributed by atoms with Gasteiger partial charge in [0.05, 0.1) is 17.1 Å². The smallest absolute Gasteiger partial charge is 0.228 e. The number of amides is 2. The van der Waals surface area contributed by atoms with E-state index in [1.807, 2.05) is 23.7 Å². The normalized spacial score (nSPS) is 12.7. The molecule has 7 nitrogen and oxygen atoms in total. The first-order valence-electron chi connectivity index (χ1n) is 8.44.